The molecule has 3 heteroatoms. The van der Waals surface area contributed by atoms with Gasteiger partial charge in [0.1, 0.15) is 0 Å². The smallest absolute Gasteiger partial charge is 0.0242 e. The zero-order valence-electron chi connectivity index (χ0n) is 9.75. The molecule has 2 rings (SSSR count). The molecule has 0 aliphatic carbocycles. The third-order valence-electron chi connectivity index (χ3n) is 3.09. The van der Waals surface area contributed by atoms with E-state index in [1.807, 2.05) is 0 Å². The fourth-order valence-corrected chi connectivity index (χ4v) is 2.68. The molecule has 0 unspecified atom stereocenters. The summed E-state index contributed by atoms with van der Waals surface area (Å²) in [5, 5.41) is 3.53. The summed E-state index contributed by atoms with van der Waals surface area (Å²) in [4.78, 5) is 2.39. The van der Waals surface area contributed by atoms with Crippen LogP contribution in [-0.2, 0) is 6.54 Å². The molecule has 2 nitrogen and oxygen atoms in total. The van der Waals surface area contributed by atoms with Gasteiger partial charge in [-0.1, -0.05) is 34.1 Å². The lowest BCUT2D eigenvalue weighted by atomic mass is 10.2. The van der Waals surface area contributed by atoms with Crippen LogP contribution in [0, 0.1) is 0 Å². The summed E-state index contributed by atoms with van der Waals surface area (Å²) in [5.74, 6) is 0. The molecule has 1 aliphatic heterocycles. The van der Waals surface area contributed by atoms with Gasteiger partial charge < -0.3 is 10.2 Å². The summed E-state index contributed by atoms with van der Waals surface area (Å²) in [6.45, 7) is 3.34. The highest BCUT2D eigenvalue weighted by Gasteiger charge is 2.16. The first-order chi connectivity index (χ1) is 7.75. The first kappa shape index (κ1) is 12.1. The van der Waals surface area contributed by atoms with Crippen LogP contribution in [0.1, 0.15) is 18.4 Å². The minimum absolute atomic E-state index is 0.687. The van der Waals surface area contributed by atoms with Gasteiger partial charge in [0.05, 0.1) is 0 Å². The average molecular weight is 283 g/mol. The highest BCUT2D eigenvalue weighted by atomic mass is 79.9. The molecule has 1 atom stereocenters. The van der Waals surface area contributed by atoms with Gasteiger partial charge in [-0.15, -0.1) is 0 Å². The Morgan fingerprint density at radius 1 is 1.44 bits per heavy atom. The third kappa shape index (κ3) is 3.30. The van der Waals surface area contributed by atoms with E-state index in [1.54, 1.807) is 0 Å². The Labute approximate surface area is 106 Å². The maximum absolute atomic E-state index is 3.60. The van der Waals surface area contributed by atoms with Gasteiger partial charge in [0, 0.05) is 23.6 Å². The Morgan fingerprint density at radius 3 is 2.94 bits per heavy atom. The van der Waals surface area contributed by atoms with Crippen LogP contribution in [0.25, 0.3) is 0 Å². The van der Waals surface area contributed by atoms with Crippen molar-refractivity contribution in [2.75, 3.05) is 20.1 Å². The van der Waals surface area contributed by atoms with E-state index in [0.717, 1.165) is 13.1 Å². The van der Waals surface area contributed by atoms with Crippen LogP contribution in [0.2, 0.25) is 0 Å². The summed E-state index contributed by atoms with van der Waals surface area (Å²) in [6.07, 6.45) is 2.65. The molecule has 0 saturated carbocycles. The summed E-state index contributed by atoms with van der Waals surface area (Å²) in [5.41, 5.74) is 1.36. The zero-order chi connectivity index (χ0) is 11.4. The van der Waals surface area contributed by atoms with Gasteiger partial charge in [-0.25, -0.2) is 0 Å². The Hall–Kier alpha value is -0.380. The van der Waals surface area contributed by atoms with E-state index >= 15 is 0 Å². The van der Waals surface area contributed by atoms with E-state index in [4.69, 9.17) is 0 Å². The predicted octanol–water partition coefficient (Wildman–Crippen LogP) is 2.63. The fraction of sp³-hybridized carbons (Fsp3) is 0.538. The van der Waals surface area contributed by atoms with Crippen LogP contribution in [0.5, 0.6) is 0 Å². The number of nitrogens with one attached hydrogen (secondary N) is 1. The third-order valence-corrected chi connectivity index (χ3v) is 3.87. The highest BCUT2D eigenvalue weighted by molar-refractivity contribution is 9.10. The van der Waals surface area contributed by atoms with Gasteiger partial charge in [-0.3, -0.25) is 0 Å². The number of hydrogen-bond donors (Lipinski definition) is 1. The zero-order valence-corrected chi connectivity index (χ0v) is 11.3. The van der Waals surface area contributed by atoms with Gasteiger partial charge in [0.2, 0.25) is 0 Å². The second-order valence-corrected chi connectivity index (χ2v) is 5.44. The number of nitrogens with zero attached hydrogens (tertiary/aromatic N) is 1. The average Bonchev–Trinajstić information content (AvgIpc) is 2.74. The quantitative estimate of drug-likeness (QED) is 0.914. The van der Waals surface area contributed by atoms with Crippen molar-refractivity contribution in [3.63, 3.8) is 0 Å². The van der Waals surface area contributed by atoms with Crippen molar-refractivity contribution in [2.45, 2.75) is 25.4 Å². The van der Waals surface area contributed by atoms with Crippen LogP contribution in [-0.4, -0.2) is 31.1 Å². The van der Waals surface area contributed by atoms with Crippen molar-refractivity contribution in [3.8, 4) is 0 Å². The summed E-state index contributed by atoms with van der Waals surface area (Å²) < 4.78 is 1.21. The van der Waals surface area contributed by atoms with E-state index in [1.165, 1.54) is 29.4 Å². The van der Waals surface area contributed by atoms with E-state index in [0.29, 0.717) is 6.04 Å². The molecule has 0 bridgehead atoms. The standard InChI is InChI=1S/C13H19BrN2/c1-16(10-12-6-4-8-15-12)9-11-5-2-3-7-13(11)14/h2-3,5,7,12,15H,4,6,8-10H2,1H3/t12-/m0/s1. The molecule has 1 aromatic carbocycles. The molecule has 1 heterocycles. The molecule has 0 amide bonds. The van der Waals surface area contributed by atoms with Gasteiger partial charge in [0.15, 0.2) is 0 Å². The maximum Gasteiger partial charge on any atom is 0.0242 e. The first-order valence-corrected chi connectivity index (χ1v) is 6.70. The number of rotatable bonds is 4. The van der Waals surface area contributed by atoms with E-state index < -0.39 is 0 Å². The lowest BCUT2D eigenvalue weighted by molar-refractivity contribution is 0.293. The lowest BCUT2D eigenvalue weighted by Gasteiger charge is -2.21. The van der Waals surface area contributed by atoms with E-state index in [2.05, 4.69) is 57.5 Å². The predicted molar refractivity (Wildman–Crippen MR) is 71.5 cm³/mol. The number of likely N-dealkylation sites (N-methyl/N-ethyl adjacent to an activating group) is 1. The molecule has 16 heavy (non-hydrogen) atoms. The van der Waals surface area contributed by atoms with E-state index in [9.17, 15) is 0 Å². The normalized spacial score (nSPS) is 20.6. The minimum atomic E-state index is 0.687. The molecule has 0 aromatic heterocycles. The van der Waals surface area contributed by atoms with Gasteiger partial charge >= 0.3 is 0 Å². The monoisotopic (exact) mass is 282 g/mol. The first-order valence-electron chi connectivity index (χ1n) is 5.91. The van der Waals surface area contributed by atoms with Crippen molar-refractivity contribution >= 4 is 15.9 Å². The molecule has 1 N–H and O–H groups in total. The van der Waals surface area contributed by atoms with Gasteiger partial charge in [-0.05, 0) is 38.1 Å². The van der Waals surface area contributed by atoms with Gasteiger partial charge in [0.25, 0.3) is 0 Å². The molecule has 1 aromatic rings. The number of halogens is 1. The van der Waals surface area contributed by atoms with E-state index in [-0.39, 0.29) is 0 Å². The summed E-state index contributed by atoms with van der Waals surface area (Å²) >= 11 is 3.60. The van der Waals surface area contributed by atoms with Crippen LogP contribution in [0.15, 0.2) is 28.7 Å². The second kappa shape index (κ2) is 5.80. The maximum atomic E-state index is 3.60. The van der Waals surface area contributed by atoms with Crippen LogP contribution in [0.3, 0.4) is 0 Å². The molecule has 88 valence electrons. The van der Waals surface area contributed by atoms with Crippen molar-refractivity contribution in [2.24, 2.45) is 0 Å². The molecule has 1 saturated heterocycles. The van der Waals surface area contributed by atoms with Crippen molar-refractivity contribution < 1.29 is 0 Å². The van der Waals surface area contributed by atoms with Gasteiger partial charge in [-0.2, -0.15) is 0 Å². The van der Waals surface area contributed by atoms with Crippen LogP contribution >= 0.6 is 15.9 Å². The molecular weight excluding hydrogens is 264 g/mol. The van der Waals surface area contributed by atoms with Crippen molar-refractivity contribution in [1.29, 1.82) is 0 Å². The molecule has 0 radical (unpaired) electrons. The van der Waals surface area contributed by atoms with Crippen molar-refractivity contribution in [3.05, 3.63) is 34.3 Å². The summed E-state index contributed by atoms with van der Waals surface area (Å²) in [6, 6.07) is 9.14. The second-order valence-electron chi connectivity index (χ2n) is 4.58. The highest BCUT2D eigenvalue weighted by Crippen LogP contribution is 2.17. The molecule has 1 aliphatic rings. The Bertz CT molecular complexity index is 334. The number of benzene rings is 1. The Kier molecular flexibility index (Phi) is 4.38. The Morgan fingerprint density at radius 2 is 2.25 bits per heavy atom. The Balaban J connectivity index is 1.86. The SMILES string of the molecule is CN(Cc1ccccc1Br)C[C@@H]1CCCN1. The van der Waals surface area contributed by atoms with Crippen molar-refractivity contribution in [1.82, 2.24) is 10.2 Å². The summed E-state index contributed by atoms with van der Waals surface area (Å²) in [7, 11) is 2.19. The molecule has 1 fully saturated rings. The van der Waals surface area contributed by atoms with Crippen LogP contribution < -0.4 is 5.32 Å². The lowest BCUT2D eigenvalue weighted by Crippen LogP contribution is -2.34. The number of hydrogen-bond acceptors (Lipinski definition) is 2. The minimum Gasteiger partial charge on any atom is -0.313 e. The fourth-order valence-electron chi connectivity index (χ4n) is 2.27. The van der Waals surface area contributed by atoms with Crippen LogP contribution in [0.4, 0.5) is 0 Å². The largest absolute Gasteiger partial charge is 0.313 e. The topological polar surface area (TPSA) is 15.3 Å². The molecule has 0 spiro atoms. The molecular formula is C13H19BrN2.